The molecule has 0 radical (unpaired) electrons. The molecule has 280 valence electrons. The Balaban J connectivity index is 3.04. The van der Waals surface area contributed by atoms with E-state index in [1.54, 1.807) is 44.2 Å². The van der Waals surface area contributed by atoms with Crippen molar-refractivity contribution in [2.24, 2.45) is 5.73 Å². The molecule has 1 aromatic carbocycles. The van der Waals surface area contributed by atoms with Gasteiger partial charge in [0.1, 0.15) is 18.7 Å². The first-order valence-electron chi connectivity index (χ1n) is 16.9. The molecule has 8 N–H and O–H groups in total. The summed E-state index contributed by atoms with van der Waals surface area (Å²) in [6.45, 7) is 13.2. The van der Waals surface area contributed by atoms with Crippen LogP contribution in [0.25, 0.3) is 0 Å². The van der Waals surface area contributed by atoms with Gasteiger partial charge in [-0.15, -0.1) is 0 Å². The van der Waals surface area contributed by atoms with Crippen molar-refractivity contribution >= 4 is 41.4 Å². The fourth-order valence-corrected chi connectivity index (χ4v) is 4.82. The lowest BCUT2D eigenvalue weighted by atomic mass is 9.94. The molecule has 0 aliphatic carbocycles. The van der Waals surface area contributed by atoms with Crippen LogP contribution >= 0.6 is 0 Å². The third-order valence-electron chi connectivity index (χ3n) is 8.14. The molecule has 0 aromatic heterocycles. The van der Waals surface area contributed by atoms with E-state index >= 15 is 0 Å². The van der Waals surface area contributed by atoms with Crippen LogP contribution in [-0.4, -0.2) is 79.2 Å². The van der Waals surface area contributed by atoms with Crippen LogP contribution in [0.1, 0.15) is 92.6 Å². The van der Waals surface area contributed by atoms with Gasteiger partial charge in [0, 0.05) is 38.3 Å². The third kappa shape index (κ3) is 17.1. The van der Waals surface area contributed by atoms with Crippen molar-refractivity contribution in [1.82, 2.24) is 26.6 Å². The third-order valence-corrected chi connectivity index (χ3v) is 8.14. The number of urea groups is 1. The number of nitrogens with one attached hydrogen (secondary N) is 6. The molecule has 4 atom stereocenters. The second kappa shape index (κ2) is 21.4. The molecule has 0 fully saturated rings. The molecule has 7 amide bonds. The summed E-state index contributed by atoms with van der Waals surface area (Å²) in [5.74, 6) is -1.66. The Morgan fingerprint density at radius 2 is 1.60 bits per heavy atom. The number of amides is 7. The zero-order valence-electron chi connectivity index (χ0n) is 30.7. The van der Waals surface area contributed by atoms with Gasteiger partial charge in [-0.05, 0) is 77.5 Å². The molecule has 1 aromatic rings. The molecule has 0 saturated carbocycles. The molecule has 15 nitrogen and oxygen atoms in total. The van der Waals surface area contributed by atoms with Gasteiger partial charge in [-0.2, -0.15) is 0 Å². The van der Waals surface area contributed by atoms with E-state index in [9.17, 15) is 28.8 Å². The smallest absolute Gasteiger partial charge is 0.407 e. The largest absolute Gasteiger partial charge is 0.445 e. The number of benzene rings is 1. The van der Waals surface area contributed by atoms with E-state index in [-0.39, 0.29) is 31.9 Å². The quantitative estimate of drug-likeness (QED) is 0.0743. The number of ether oxygens (including phenoxy) is 2. The summed E-state index contributed by atoms with van der Waals surface area (Å²) in [7, 11) is 1.45. The van der Waals surface area contributed by atoms with Crippen molar-refractivity contribution < 1.29 is 38.2 Å². The van der Waals surface area contributed by atoms with Crippen molar-refractivity contribution in [2.45, 2.75) is 117 Å². The highest BCUT2D eigenvalue weighted by atomic mass is 16.5. The maximum Gasteiger partial charge on any atom is 0.407 e. The number of allylic oxidation sites excluding steroid dienone is 1. The first-order chi connectivity index (χ1) is 23.4. The van der Waals surface area contributed by atoms with Crippen LogP contribution < -0.4 is 37.6 Å². The van der Waals surface area contributed by atoms with Crippen molar-refractivity contribution in [2.75, 3.05) is 25.5 Å². The molecule has 0 spiro atoms. The number of carbonyl (C=O) groups is 6. The van der Waals surface area contributed by atoms with Gasteiger partial charge in [-0.1, -0.05) is 37.6 Å². The van der Waals surface area contributed by atoms with Gasteiger partial charge in [0.05, 0.1) is 12.0 Å². The van der Waals surface area contributed by atoms with Gasteiger partial charge in [-0.25, -0.2) is 9.59 Å². The summed E-state index contributed by atoms with van der Waals surface area (Å²) in [5, 5.41) is 16.1. The monoisotopic (exact) mass is 703 g/mol. The Labute approximate surface area is 295 Å². The highest BCUT2D eigenvalue weighted by Crippen LogP contribution is 2.23. The number of hydrogen-bond donors (Lipinski definition) is 7. The number of hydrogen-bond acceptors (Lipinski definition) is 8. The zero-order valence-corrected chi connectivity index (χ0v) is 30.7. The van der Waals surface area contributed by atoms with Crippen LogP contribution in [0.5, 0.6) is 0 Å². The first-order valence-corrected chi connectivity index (χ1v) is 16.9. The maximum absolute atomic E-state index is 13.6. The lowest BCUT2D eigenvalue weighted by Crippen LogP contribution is -2.53. The Bertz CT molecular complexity index is 1330. The number of rotatable bonds is 21. The molecule has 0 bridgehead atoms. The number of alkyl carbamates (subject to hydrolysis) is 1. The van der Waals surface area contributed by atoms with E-state index in [0.717, 1.165) is 5.57 Å². The number of primary amides is 1. The molecule has 0 saturated heterocycles. The molecular weight excluding hydrogens is 646 g/mol. The SMILES string of the molecule is CCC(C)(CCOC(C)(CC)CC(=O)N[C@H](C=C(C)C)C(=O)N[C@H](CCCNC(N)=O)C(=O)Nc1ccc(COC(=O)NC)cc1)NC(C)=O. The van der Waals surface area contributed by atoms with Crippen molar-refractivity contribution in [1.29, 1.82) is 0 Å². The summed E-state index contributed by atoms with van der Waals surface area (Å²) >= 11 is 0. The molecule has 1 rings (SSSR count). The van der Waals surface area contributed by atoms with Gasteiger partial charge in [0.25, 0.3) is 0 Å². The van der Waals surface area contributed by atoms with E-state index in [1.807, 2.05) is 27.7 Å². The van der Waals surface area contributed by atoms with Crippen LogP contribution in [0.3, 0.4) is 0 Å². The summed E-state index contributed by atoms with van der Waals surface area (Å²) in [5.41, 5.74) is 5.80. The van der Waals surface area contributed by atoms with Crippen molar-refractivity contribution in [3.05, 3.63) is 41.5 Å². The number of carbonyl (C=O) groups excluding carboxylic acids is 6. The van der Waals surface area contributed by atoms with Crippen molar-refractivity contribution in [3.8, 4) is 0 Å². The van der Waals surface area contributed by atoms with E-state index in [0.29, 0.717) is 43.5 Å². The van der Waals surface area contributed by atoms with Gasteiger partial charge in [-0.3, -0.25) is 19.2 Å². The molecule has 0 heterocycles. The average Bonchev–Trinajstić information content (AvgIpc) is 3.04. The molecule has 0 aliphatic rings. The predicted octanol–water partition coefficient (Wildman–Crippen LogP) is 3.14. The van der Waals surface area contributed by atoms with Gasteiger partial charge in [0.15, 0.2) is 0 Å². The Morgan fingerprint density at radius 3 is 2.14 bits per heavy atom. The van der Waals surface area contributed by atoms with Crippen LogP contribution in [-0.2, 0) is 35.3 Å². The molecule has 0 aliphatic heterocycles. The summed E-state index contributed by atoms with van der Waals surface area (Å²) in [6, 6.07) is 3.81. The molecule has 2 unspecified atom stereocenters. The lowest BCUT2D eigenvalue weighted by Gasteiger charge is -2.33. The van der Waals surface area contributed by atoms with Gasteiger partial charge >= 0.3 is 12.1 Å². The van der Waals surface area contributed by atoms with Gasteiger partial charge < -0.3 is 47.1 Å². The summed E-state index contributed by atoms with van der Waals surface area (Å²) in [4.78, 5) is 74.5. The minimum absolute atomic E-state index is 0.0281. The van der Waals surface area contributed by atoms with E-state index in [1.165, 1.54) is 14.0 Å². The van der Waals surface area contributed by atoms with Gasteiger partial charge in [0.2, 0.25) is 23.6 Å². The minimum atomic E-state index is -1.09. The van der Waals surface area contributed by atoms with E-state index in [2.05, 4.69) is 31.9 Å². The average molecular weight is 704 g/mol. The lowest BCUT2D eigenvalue weighted by molar-refractivity contribution is -0.133. The Morgan fingerprint density at radius 1 is 0.940 bits per heavy atom. The van der Waals surface area contributed by atoms with Crippen LogP contribution in [0.15, 0.2) is 35.9 Å². The number of anilines is 1. The summed E-state index contributed by atoms with van der Waals surface area (Å²) < 4.78 is 11.2. The zero-order chi connectivity index (χ0) is 37.9. The van der Waals surface area contributed by atoms with E-state index < -0.39 is 53.1 Å². The second-order valence-electron chi connectivity index (χ2n) is 13.0. The second-order valence-corrected chi connectivity index (χ2v) is 13.0. The van der Waals surface area contributed by atoms with E-state index in [4.69, 9.17) is 15.2 Å². The van der Waals surface area contributed by atoms with Crippen LogP contribution in [0, 0.1) is 0 Å². The Hall–Kier alpha value is -4.66. The highest BCUT2D eigenvalue weighted by Gasteiger charge is 2.31. The molecule has 15 heteroatoms. The van der Waals surface area contributed by atoms with Crippen LogP contribution in [0.2, 0.25) is 0 Å². The number of nitrogens with two attached hydrogens (primary N) is 1. The molecule has 50 heavy (non-hydrogen) atoms. The molecular formula is C35H57N7O8. The Kier molecular flexibility index (Phi) is 18.6. The standard InChI is InChI=1S/C35H57N7O8/c1-9-34(6,42-24(5)43)17-19-50-35(7,10-2)21-29(44)40-28(20-23(3)4)31(46)41-27(12-11-18-38-32(36)47)30(45)39-26-15-13-25(14-16-26)22-49-33(48)37-8/h13-16,20,27-28H,9-12,17-19,21-22H2,1-8H3,(H,37,48)(H,39,45)(H,40,44)(H,41,46)(H,42,43)(H3,36,38,47)/t27-,28-,34?,35?/m1/s1. The topological polar surface area (TPSA) is 219 Å². The fourth-order valence-electron chi connectivity index (χ4n) is 4.82. The minimum Gasteiger partial charge on any atom is -0.445 e. The highest BCUT2D eigenvalue weighted by molar-refractivity contribution is 5.99. The van der Waals surface area contributed by atoms with Crippen molar-refractivity contribution in [3.63, 3.8) is 0 Å². The normalized spacial score (nSPS) is 14.3. The predicted molar refractivity (Wildman–Crippen MR) is 191 cm³/mol. The first kappa shape index (κ1) is 43.4. The maximum atomic E-state index is 13.6. The summed E-state index contributed by atoms with van der Waals surface area (Å²) in [6.07, 6.45) is 3.26. The fraction of sp³-hybridized carbons (Fsp3) is 0.600. The van der Waals surface area contributed by atoms with Crippen LogP contribution in [0.4, 0.5) is 15.3 Å².